The summed E-state index contributed by atoms with van der Waals surface area (Å²) in [5, 5.41) is 12.1. The fraction of sp³-hybridized carbons (Fsp3) is 0.467. The van der Waals surface area contributed by atoms with Gasteiger partial charge in [0.05, 0.1) is 17.6 Å². The second-order valence-electron chi connectivity index (χ2n) is 5.36. The number of hydrogen-bond acceptors (Lipinski definition) is 3. The molecule has 1 aromatic carbocycles. The zero-order valence-corrected chi connectivity index (χ0v) is 11.3. The Morgan fingerprint density at radius 3 is 3.11 bits per heavy atom. The van der Waals surface area contributed by atoms with Crippen LogP contribution in [0.1, 0.15) is 24.1 Å². The maximum atomic E-state index is 4.36. The van der Waals surface area contributed by atoms with E-state index in [-0.39, 0.29) is 0 Å². The topological polar surface area (TPSA) is 42.7 Å². The molecule has 19 heavy (non-hydrogen) atoms. The van der Waals surface area contributed by atoms with Crippen molar-refractivity contribution in [1.82, 2.24) is 20.3 Å². The minimum atomic E-state index is 0.760. The van der Waals surface area contributed by atoms with Gasteiger partial charge < -0.3 is 5.32 Å². The molecule has 1 atom stereocenters. The molecule has 0 aliphatic carbocycles. The van der Waals surface area contributed by atoms with Gasteiger partial charge in [-0.2, -0.15) is 15.0 Å². The van der Waals surface area contributed by atoms with Crippen LogP contribution in [0.15, 0.2) is 30.5 Å². The second-order valence-corrected chi connectivity index (χ2v) is 5.36. The molecule has 1 aromatic heterocycles. The van der Waals surface area contributed by atoms with E-state index >= 15 is 0 Å². The monoisotopic (exact) mass is 256 g/mol. The fourth-order valence-electron chi connectivity index (χ4n) is 2.70. The third kappa shape index (κ3) is 3.01. The molecule has 0 amide bonds. The van der Waals surface area contributed by atoms with Crippen molar-refractivity contribution in [3.05, 3.63) is 41.7 Å². The van der Waals surface area contributed by atoms with Gasteiger partial charge in [-0.25, -0.2) is 0 Å². The molecule has 3 rings (SSSR count). The van der Waals surface area contributed by atoms with E-state index in [1.807, 2.05) is 6.92 Å². The first-order valence-electron chi connectivity index (χ1n) is 7.00. The molecule has 100 valence electrons. The summed E-state index contributed by atoms with van der Waals surface area (Å²) in [7, 11) is 0. The van der Waals surface area contributed by atoms with E-state index in [2.05, 4.69) is 39.8 Å². The molecule has 1 unspecified atom stereocenters. The lowest BCUT2D eigenvalue weighted by atomic mass is 9.92. The summed E-state index contributed by atoms with van der Waals surface area (Å²) in [4.78, 5) is 1.71. The van der Waals surface area contributed by atoms with E-state index in [1.54, 1.807) is 11.0 Å². The smallest absolute Gasteiger partial charge is 0.0859 e. The van der Waals surface area contributed by atoms with E-state index in [4.69, 9.17) is 0 Å². The van der Waals surface area contributed by atoms with Crippen LogP contribution in [0.2, 0.25) is 0 Å². The summed E-state index contributed by atoms with van der Waals surface area (Å²) in [6.45, 7) is 4.28. The number of nitrogens with zero attached hydrogens (tertiary/aromatic N) is 3. The SMILES string of the molecule is Cc1cnn(-c2cccc(CC3CCCNC3)c2)n1. The normalized spacial score (nSPS) is 19.5. The Morgan fingerprint density at radius 1 is 1.42 bits per heavy atom. The van der Waals surface area contributed by atoms with E-state index in [0.717, 1.165) is 30.3 Å². The summed E-state index contributed by atoms with van der Waals surface area (Å²) in [5.74, 6) is 0.760. The molecule has 1 aliphatic rings. The lowest BCUT2D eigenvalue weighted by Gasteiger charge is -2.22. The Labute approximate surface area is 113 Å². The van der Waals surface area contributed by atoms with Crippen LogP contribution in [0.4, 0.5) is 0 Å². The number of benzene rings is 1. The van der Waals surface area contributed by atoms with Gasteiger partial charge in [0.15, 0.2) is 0 Å². The molecule has 0 radical (unpaired) electrons. The van der Waals surface area contributed by atoms with Gasteiger partial charge in [-0.05, 0) is 62.9 Å². The highest BCUT2D eigenvalue weighted by atomic mass is 15.5. The van der Waals surface area contributed by atoms with Crippen molar-refractivity contribution in [2.24, 2.45) is 5.92 Å². The highest BCUT2D eigenvalue weighted by molar-refractivity contribution is 5.34. The van der Waals surface area contributed by atoms with Crippen LogP contribution in [-0.4, -0.2) is 28.1 Å². The first-order valence-corrected chi connectivity index (χ1v) is 7.00. The zero-order valence-electron chi connectivity index (χ0n) is 11.3. The van der Waals surface area contributed by atoms with Gasteiger partial charge in [-0.1, -0.05) is 12.1 Å². The Hall–Kier alpha value is -1.68. The van der Waals surface area contributed by atoms with Crippen LogP contribution in [-0.2, 0) is 6.42 Å². The summed E-state index contributed by atoms with van der Waals surface area (Å²) in [6.07, 6.45) is 5.55. The van der Waals surface area contributed by atoms with E-state index in [1.165, 1.54) is 24.9 Å². The number of nitrogens with one attached hydrogen (secondary N) is 1. The molecular weight excluding hydrogens is 236 g/mol. The summed E-state index contributed by atoms with van der Waals surface area (Å²) >= 11 is 0. The summed E-state index contributed by atoms with van der Waals surface area (Å²) in [6, 6.07) is 8.56. The van der Waals surface area contributed by atoms with Crippen LogP contribution in [0.25, 0.3) is 5.69 Å². The lowest BCUT2D eigenvalue weighted by molar-refractivity contribution is 0.376. The van der Waals surface area contributed by atoms with Gasteiger partial charge >= 0.3 is 0 Å². The predicted molar refractivity (Wildman–Crippen MR) is 75.4 cm³/mol. The third-order valence-electron chi connectivity index (χ3n) is 3.67. The van der Waals surface area contributed by atoms with Crippen molar-refractivity contribution in [2.75, 3.05) is 13.1 Å². The molecule has 4 heteroatoms. The van der Waals surface area contributed by atoms with Crippen molar-refractivity contribution in [1.29, 1.82) is 0 Å². The molecule has 2 aromatic rings. The van der Waals surface area contributed by atoms with E-state index in [0.29, 0.717) is 0 Å². The van der Waals surface area contributed by atoms with Crippen LogP contribution in [0.3, 0.4) is 0 Å². The standard InChI is InChI=1S/C15H20N4/c1-12-10-17-19(18-12)15-6-2-4-13(9-15)8-14-5-3-7-16-11-14/h2,4,6,9-10,14,16H,3,5,7-8,11H2,1H3. The minimum Gasteiger partial charge on any atom is -0.316 e. The van der Waals surface area contributed by atoms with Crippen molar-refractivity contribution >= 4 is 0 Å². The molecule has 0 bridgehead atoms. The fourth-order valence-corrected chi connectivity index (χ4v) is 2.70. The predicted octanol–water partition coefficient (Wildman–Crippen LogP) is 2.12. The Kier molecular flexibility index (Phi) is 3.60. The Balaban J connectivity index is 1.75. The van der Waals surface area contributed by atoms with Gasteiger partial charge in [0, 0.05) is 0 Å². The number of piperidine rings is 1. The Bertz CT molecular complexity index is 541. The van der Waals surface area contributed by atoms with Crippen LogP contribution < -0.4 is 5.32 Å². The molecule has 1 aliphatic heterocycles. The van der Waals surface area contributed by atoms with Crippen LogP contribution in [0.5, 0.6) is 0 Å². The van der Waals surface area contributed by atoms with Crippen LogP contribution >= 0.6 is 0 Å². The van der Waals surface area contributed by atoms with Crippen molar-refractivity contribution in [2.45, 2.75) is 26.2 Å². The van der Waals surface area contributed by atoms with Gasteiger partial charge in [0.1, 0.15) is 0 Å². The molecule has 4 nitrogen and oxygen atoms in total. The third-order valence-corrected chi connectivity index (χ3v) is 3.67. The first kappa shape index (κ1) is 12.4. The first-order chi connectivity index (χ1) is 9.31. The van der Waals surface area contributed by atoms with E-state index in [9.17, 15) is 0 Å². The van der Waals surface area contributed by atoms with Gasteiger partial charge in [-0.3, -0.25) is 0 Å². The maximum Gasteiger partial charge on any atom is 0.0859 e. The average Bonchev–Trinajstić information content (AvgIpc) is 2.87. The minimum absolute atomic E-state index is 0.760. The van der Waals surface area contributed by atoms with Crippen molar-refractivity contribution in [3.63, 3.8) is 0 Å². The summed E-state index contributed by atoms with van der Waals surface area (Å²) < 4.78 is 0. The molecule has 1 saturated heterocycles. The molecule has 0 saturated carbocycles. The molecule has 0 spiro atoms. The Morgan fingerprint density at radius 2 is 2.37 bits per heavy atom. The molecule has 1 fully saturated rings. The second kappa shape index (κ2) is 5.53. The largest absolute Gasteiger partial charge is 0.316 e. The number of hydrogen-bond donors (Lipinski definition) is 1. The van der Waals surface area contributed by atoms with Crippen molar-refractivity contribution in [3.8, 4) is 5.69 Å². The van der Waals surface area contributed by atoms with E-state index < -0.39 is 0 Å². The van der Waals surface area contributed by atoms with Crippen molar-refractivity contribution < 1.29 is 0 Å². The number of aryl methyl sites for hydroxylation is 1. The molecular formula is C15H20N4. The average molecular weight is 256 g/mol. The number of aromatic nitrogens is 3. The highest BCUT2D eigenvalue weighted by Crippen LogP contribution is 2.18. The van der Waals surface area contributed by atoms with Gasteiger partial charge in [0.25, 0.3) is 0 Å². The zero-order chi connectivity index (χ0) is 13.1. The molecule has 2 heterocycles. The quantitative estimate of drug-likeness (QED) is 0.914. The lowest BCUT2D eigenvalue weighted by Crippen LogP contribution is -2.30. The van der Waals surface area contributed by atoms with Gasteiger partial charge in [0.2, 0.25) is 0 Å². The summed E-state index contributed by atoms with van der Waals surface area (Å²) in [5.41, 5.74) is 3.37. The molecule has 1 N–H and O–H groups in total. The maximum absolute atomic E-state index is 4.36. The number of rotatable bonds is 3. The van der Waals surface area contributed by atoms with Gasteiger partial charge in [-0.15, -0.1) is 0 Å². The van der Waals surface area contributed by atoms with Crippen LogP contribution in [0, 0.1) is 12.8 Å². The highest BCUT2D eigenvalue weighted by Gasteiger charge is 2.13.